The molecule has 0 rings (SSSR count). The number of esters is 2. The van der Waals surface area contributed by atoms with E-state index in [1.54, 1.807) is 0 Å². The number of rotatable bonds is 42. The Labute approximate surface area is 349 Å². The molecule has 3 N–H and O–H groups in total. The van der Waals surface area contributed by atoms with Crippen LogP contribution in [-0.4, -0.2) is 49.3 Å². The molecule has 0 bridgehead atoms. The fourth-order valence-electron chi connectivity index (χ4n) is 5.96. The van der Waals surface area contributed by atoms with Gasteiger partial charge in [-0.25, -0.2) is 4.57 Å². The van der Waals surface area contributed by atoms with Crippen molar-refractivity contribution in [3.8, 4) is 0 Å². The maximum Gasteiger partial charge on any atom is 0.472 e. The number of phosphoric acid groups is 1. The van der Waals surface area contributed by atoms with Gasteiger partial charge in [0.05, 0.1) is 13.2 Å². The molecule has 0 amide bonds. The van der Waals surface area contributed by atoms with Crippen LogP contribution in [0, 0.1) is 0 Å². The topological polar surface area (TPSA) is 134 Å². The van der Waals surface area contributed by atoms with Crippen LogP contribution in [0.15, 0.2) is 60.8 Å². The minimum atomic E-state index is -4.39. The molecule has 1 unspecified atom stereocenters. The average molecular weight is 822 g/mol. The van der Waals surface area contributed by atoms with Crippen molar-refractivity contribution in [1.29, 1.82) is 0 Å². The van der Waals surface area contributed by atoms with Crippen molar-refractivity contribution in [3.05, 3.63) is 60.8 Å². The van der Waals surface area contributed by atoms with Crippen LogP contribution >= 0.6 is 7.82 Å². The summed E-state index contributed by atoms with van der Waals surface area (Å²) in [5, 5.41) is 0. The third-order valence-electron chi connectivity index (χ3n) is 9.38. The number of carbonyl (C=O) groups excluding carboxylic acids is 2. The fourth-order valence-corrected chi connectivity index (χ4v) is 6.73. The van der Waals surface area contributed by atoms with Gasteiger partial charge in [0, 0.05) is 19.4 Å². The quantitative estimate of drug-likeness (QED) is 0.0267. The number of phosphoric ester groups is 1. The van der Waals surface area contributed by atoms with E-state index >= 15 is 0 Å². The summed E-state index contributed by atoms with van der Waals surface area (Å²) in [6.07, 6.45) is 51.0. The molecule has 0 aliphatic heterocycles. The summed E-state index contributed by atoms with van der Waals surface area (Å²) in [4.78, 5) is 34.9. The number of hydrogen-bond donors (Lipinski definition) is 2. The van der Waals surface area contributed by atoms with Crippen LogP contribution in [0.5, 0.6) is 0 Å². The first-order valence-electron chi connectivity index (χ1n) is 22.8. The molecule has 0 saturated heterocycles. The van der Waals surface area contributed by atoms with E-state index in [0.29, 0.717) is 6.42 Å². The van der Waals surface area contributed by atoms with Crippen LogP contribution in [-0.2, 0) is 32.7 Å². The van der Waals surface area contributed by atoms with Gasteiger partial charge in [-0.15, -0.1) is 0 Å². The Balaban J connectivity index is 4.17. The molecule has 9 nitrogen and oxygen atoms in total. The molecule has 330 valence electrons. The Hall–Kier alpha value is -2.29. The second kappa shape index (κ2) is 43.3. The van der Waals surface area contributed by atoms with Crippen molar-refractivity contribution in [2.45, 2.75) is 200 Å². The molecule has 0 aromatic rings. The summed E-state index contributed by atoms with van der Waals surface area (Å²) < 4.78 is 32.8. The van der Waals surface area contributed by atoms with Crippen LogP contribution < -0.4 is 5.73 Å². The van der Waals surface area contributed by atoms with Crippen LogP contribution in [0.3, 0.4) is 0 Å². The lowest BCUT2D eigenvalue weighted by Gasteiger charge is -2.19. The lowest BCUT2D eigenvalue weighted by molar-refractivity contribution is -0.161. The van der Waals surface area contributed by atoms with E-state index in [1.165, 1.54) is 83.5 Å². The Morgan fingerprint density at radius 2 is 0.912 bits per heavy atom. The molecular weight excluding hydrogens is 737 g/mol. The highest BCUT2D eigenvalue weighted by Gasteiger charge is 2.26. The normalized spacial score (nSPS) is 13.8. The first-order valence-corrected chi connectivity index (χ1v) is 24.3. The number of allylic oxidation sites excluding steroid dienone is 10. The second-order valence-corrected chi connectivity index (χ2v) is 16.4. The number of ether oxygens (including phenoxy) is 2. The predicted molar refractivity (Wildman–Crippen MR) is 238 cm³/mol. The molecule has 0 fully saturated rings. The van der Waals surface area contributed by atoms with Gasteiger partial charge in [-0.3, -0.25) is 18.6 Å². The Morgan fingerprint density at radius 3 is 1.35 bits per heavy atom. The van der Waals surface area contributed by atoms with E-state index in [0.717, 1.165) is 77.0 Å². The molecule has 0 aromatic carbocycles. The largest absolute Gasteiger partial charge is 0.472 e. The monoisotopic (exact) mass is 822 g/mol. The van der Waals surface area contributed by atoms with E-state index in [2.05, 4.69) is 74.6 Å². The van der Waals surface area contributed by atoms with Crippen LogP contribution in [0.4, 0.5) is 0 Å². The van der Waals surface area contributed by atoms with Crippen LogP contribution in [0.1, 0.15) is 194 Å². The standard InChI is InChI=1S/C47H84NO8P/c1-3-5-7-9-11-13-15-17-19-21-22-24-25-27-29-31-33-35-37-39-46(49)53-43-45(44-55-57(51,52)54-42-41-48)56-47(50)40-38-36-34-32-30-28-26-23-20-18-16-14-12-10-8-6-4-2/h11-14,17-20,26,28,45H,3-10,15-16,21-25,27,29-44,48H2,1-2H3,(H,51,52)/b13-11+,14-12+,19-17+,20-18+,28-26+/t45-/m1/s1. The summed E-state index contributed by atoms with van der Waals surface area (Å²) in [7, 11) is -4.39. The highest BCUT2D eigenvalue weighted by molar-refractivity contribution is 7.47. The van der Waals surface area contributed by atoms with Crippen molar-refractivity contribution in [3.63, 3.8) is 0 Å². The van der Waals surface area contributed by atoms with Crippen molar-refractivity contribution in [1.82, 2.24) is 0 Å². The number of carbonyl (C=O) groups is 2. The first kappa shape index (κ1) is 54.7. The van der Waals surface area contributed by atoms with Gasteiger partial charge in [0.15, 0.2) is 6.10 Å². The summed E-state index contributed by atoms with van der Waals surface area (Å²) >= 11 is 0. The molecule has 10 heteroatoms. The van der Waals surface area contributed by atoms with Gasteiger partial charge >= 0.3 is 19.8 Å². The molecule has 0 aromatic heterocycles. The predicted octanol–water partition coefficient (Wildman–Crippen LogP) is 13.3. The second-order valence-electron chi connectivity index (χ2n) is 14.9. The maximum absolute atomic E-state index is 12.6. The van der Waals surface area contributed by atoms with Gasteiger partial charge in [0.25, 0.3) is 0 Å². The third-order valence-corrected chi connectivity index (χ3v) is 10.4. The lowest BCUT2D eigenvalue weighted by Crippen LogP contribution is -2.29. The van der Waals surface area contributed by atoms with Gasteiger partial charge in [-0.1, -0.05) is 158 Å². The molecule has 0 radical (unpaired) electrons. The van der Waals surface area contributed by atoms with Crippen LogP contribution in [0.25, 0.3) is 0 Å². The molecule has 0 aliphatic carbocycles. The van der Waals surface area contributed by atoms with Gasteiger partial charge in [-0.2, -0.15) is 0 Å². The van der Waals surface area contributed by atoms with Crippen molar-refractivity contribution >= 4 is 19.8 Å². The zero-order valence-corrected chi connectivity index (χ0v) is 37.2. The Bertz CT molecular complexity index is 1120. The van der Waals surface area contributed by atoms with E-state index in [-0.39, 0.29) is 32.6 Å². The molecule has 0 aliphatic rings. The summed E-state index contributed by atoms with van der Waals surface area (Å²) in [6, 6.07) is 0. The molecule has 0 spiro atoms. The lowest BCUT2D eigenvalue weighted by atomic mass is 10.1. The molecule has 2 atom stereocenters. The highest BCUT2D eigenvalue weighted by Crippen LogP contribution is 2.43. The minimum absolute atomic E-state index is 0.0465. The van der Waals surface area contributed by atoms with Gasteiger partial charge in [-0.05, 0) is 83.5 Å². The fraction of sp³-hybridized carbons (Fsp3) is 0.745. The van der Waals surface area contributed by atoms with Crippen molar-refractivity contribution < 1.29 is 37.6 Å². The van der Waals surface area contributed by atoms with E-state index in [1.807, 2.05) is 0 Å². The average Bonchev–Trinajstić information content (AvgIpc) is 3.20. The van der Waals surface area contributed by atoms with Crippen molar-refractivity contribution in [2.75, 3.05) is 26.4 Å². The third kappa shape index (κ3) is 43.1. The summed E-state index contributed by atoms with van der Waals surface area (Å²) in [5.41, 5.74) is 5.35. The molecule has 57 heavy (non-hydrogen) atoms. The summed E-state index contributed by atoms with van der Waals surface area (Å²) in [5.74, 6) is -0.860. The zero-order valence-electron chi connectivity index (χ0n) is 36.3. The zero-order chi connectivity index (χ0) is 41.8. The maximum atomic E-state index is 12.6. The van der Waals surface area contributed by atoms with E-state index in [9.17, 15) is 19.0 Å². The van der Waals surface area contributed by atoms with Gasteiger partial charge in [0.1, 0.15) is 6.61 Å². The minimum Gasteiger partial charge on any atom is -0.462 e. The Kier molecular flexibility index (Phi) is 41.6. The van der Waals surface area contributed by atoms with Gasteiger partial charge in [0.2, 0.25) is 0 Å². The molecule has 0 saturated carbocycles. The Morgan fingerprint density at radius 1 is 0.526 bits per heavy atom. The highest BCUT2D eigenvalue weighted by atomic mass is 31.2. The molecule has 0 heterocycles. The number of nitrogens with two attached hydrogens (primary N) is 1. The van der Waals surface area contributed by atoms with E-state index < -0.39 is 32.5 Å². The van der Waals surface area contributed by atoms with Gasteiger partial charge < -0.3 is 20.1 Å². The van der Waals surface area contributed by atoms with E-state index in [4.69, 9.17) is 24.3 Å². The SMILES string of the molecule is CCCCC/C=C/C/C=C/C/C=C/CCCCCCC(=O)O[C@H](COC(=O)CCCCCCCCCCC/C=C/C/C=C/CCCCC)COP(=O)(O)OCCN. The first-order chi connectivity index (χ1) is 27.8. The number of hydrogen-bond acceptors (Lipinski definition) is 8. The van der Waals surface area contributed by atoms with Crippen molar-refractivity contribution in [2.24, 2.45) is 5.73 Å². The van der Waals surface area contributed by atoms with Crippen LogP contribution in [0.2, 0.25) is 0 Å². The smallest absolute Gasteiger partial charge is 0.462 e. The molecular formula is C47H84NO8P. The summed E-state index contributed by atoms with van der Waals surface area (Å²) in [6.45, 7) is 3.65. The number of unbranched alkanes of at least 4 members (excludes halogenated alkanes) is 19.